The van der Waals surface area contributed by atoms with Crippen molar-refractivity contribution in [3.05, 3.63) is 64.7 Å². The first-order chi connectivity index (χ1) is 15.3. The third-order valence-corrected chi connectivity index (χ3v) is 5.86. The Balaban J connectivity index is 1.75. The van der Waals surface area contributed by atoms with Gasteiger partial charge in [0.2, 0.25) is 0 Å². The Kier molecular flexibility index (Phi) is 5.42. The van der Waals surface area contributed by atoms with E-state index >= 15 is 0 Å². The van der Waals surface area contributed by atoms with Gasteiger partial charge in [0, 0.05) is 24.0 Å². The van der Waals surface area contributed by atoms with Gasteiger partial charge in [-0.2, -0.15) is 0 Å². The lowest BCUT2D eigenvalue weighted by molar-refractivity contribution is 0.0772. The Bertz CT molecular complexity index is 1260. The third-order valence-electron chi connectivity index (χ3n) is 5.86. The smallest absolute Gasteiger partial charge is 0.267 e. The number of nitrogens with zero attached hydrogens (tertiary/aromatic N) is 3. The van der Waals surface area contributed by atoms with Gasteiger partial charge in [-0.05, 0) is 61.7 Å². The van der Waals surface area contributed by atoms with Crippen LogP contribution in [-0.2, 0) is 0 Å². The highest BCUT2D eigenvalue weighted by molar-refractivity contribution is 6.35. The minimum Gasteiger partial charge on any atom is -0.504 e. The summed E-state index contributed by atoms with van der Waals surface area (Å²) in [6.45, 7) is 8.98. The molecule has 2 heterocycles. The van der Waals surface area contributed by atoms with Crippen LogP contribution in [0, 0.1) is 0 Å². The summed E-state index contributed by atoms with van der Waals surface area (Å²) in [4.78, 5) is 45.8. The van der Waals surface area contributed by atoms with Gasteiger partial charge in [-0.1, -0.05) is 19.9 Å². The van der Waals surface area contributed by atoms with E-state index in [4.69, 9.17) is 0 Å². The molecule has 1 aliphatic heterocycles. The number of pyridine rings is 1. The highest BCUT2D eigenvalue weighted by Gasteiger charge is 2.39. The van der Waals surface area contributed by atoms with Gasteiger partial charge >= 0.3 is 0 Å². The SMILES string of the molecule is CCN(CC)C(=O)c1ccc2c(c1)C(=O)N(c1nc3ccc(C(C)C)cc3cc1O)C2=O. The van der Waals surface area contributed by atoms with Crippen LogP contribution < -0.4 is 4.90 Å². The van der Waals surface area contributed by atoms with Crippen LogP contribution >= 0.6 is 0 Å². The van der Waals surface area contributed by atoms with E-state index in [0.717, 1.165) is 15.8 Å². The van der Waals surface area contributed by atoms with Crippen molar-refractivity contribution in [3.8, 4) is 5.75 Å². The number of aromatic nitrogens is 1. The van der Waals surface area contributed by atoms with Crippen LogP contribution in [0.25, 0.3) is 10.9 Å². The second-order valence-electron chi connectivity index (χ2n) is 8.12. The van der Waals surface area contributed by atoms with E-state index in [1.807, 2.05) is 32.0 Å². The number of carbonyl (C=O) groups is 3. The van der Waals surface area contributed by atoms with Crippen molar-refractivity contribution in [2.75, 3.05) is 18.0 Å². The van der Waals surface area contributed by atoms with Crippen molar-refractivity contribution in [1.82, 2.24) is 9.88 Å². The van der Waals surface area contributed by atoms with E-state index in [-0.39, 0.29) is 28.6 Å². The quantitative estimate of drug-likeness (QED) is 0.607. The van der Waals surface area contributed by atoms with E-state index in [2.05, 4.69) is 18.8 Å². The fourth-order valence-electron chi connectivity index (χ4n) is 3.96. The summed E-state index contributed by atoms with van der Waals surface area (Å²) in [6.07, 6.45) is 0. The number of anilines is 1. The van der Waals surface area contributed by atoms with E-state index in [0.29, 0.717) is 30.1 Å². The Morgan fingerprint density at radius 2 is 1.69 bits per heavy atom. The van der Waals surface area contributed by atoms with Gasteiger partial charge in [0.05, 0.1) is 16.6 Å². The minimum absolute atomic E-state index is 0.113. The first-order valence-corrected chi connectivity index (χ1v) is 10.7. The average molecular weight is 431 g/mol. The summed E-state index contributed by atoms with van der Waals surface area (Å²) in [5.41, 5.74) is 2.31. The lowest BCUT2D eigenvalue weighted by Crippen LogP contribution is -2.31. The molecule has 7 heteroatoms. The number of aromatic hydroxyl groups is 1. The first kappa shape index (κ1) is 21.5. The molecule has 0 spiro atoms. The highest BCUT2D eigenvalue weighted by atomic mass is 16.3. The van der Waals surface area contributed by atoms with Gasteiger partial charge in [0.1, 0.15) is 0 Å². The summed E-state index contributed by atoms with van der Waals surface area (Å²) in [5, 5.41) is 11.3. The monoisotopic (exact) mass is 431 g/mol. The average Bonchev–Trinajstić information content (AvgIpc) is 3.03. The maximum Gasteiger partial charge on any atom is 0.267 e. The summed E-state index contributed by atoms with van der Waals surface area (Å²) in [6, 6.07) is 11.7. The van der Waals surface area contributed by atoms with Gasteiger partial charge in [0.25, 0.3) is 17.7 Å². The van der Waals surface area contributed by atoms with Crippen LogP contribution in [0.4, 0.5) is 5.82 Å². The number of amides is 3. The number of fused-ring (bicyclic) bond motifs is 2. The van der Waals surface area contributed by atoms with Crippen LogP contribution in [0.3, 0.4) is 0 Å². The fourth-order valence-corrected chi connectivity index (χ4v) is 3.96. The molecule has 3 amide bonds. The van der Waals surface area contributed by atoms with Crippen LogP contribution in [0.5, 0.6) is 5.75 Å². The normalized spacial score (nSPS) is 13.2. The van der Waals surface area contributed by atoms with Gasteiger partial charge < -0.3 is 10.0 Å². The molecule has 32 heavy (non-hydrogen) atoms. The van der Waals surface area contributed by atoms with Crippen molar-refractivity contribution in [3.63, 3.8) is 0 Å². The molecule has 0 saturated heterocycles. The molecule has 164 valence electrons. The number of hydrogen-bond acceptors (Lipinski definition) is 5. The molecule has 0 atom stereocenters. The molecular weight excluding hydrogens is 406 g/mol. The van der Waals surface area contributed by atoms with Crippen LogP contribution in [0.15, 0.2) is 42.5 Å². The second-order valence-corrected chi connectivity index (χ2v) is 8.12. The Labute approximate surface area is 186 Å². The molecular formula is C25H25N3O4. The zero-order chi connectivity index (χ0) is 23.2. The van der Waals surface area contributed by atoms with Crippen molar-refractivity contribution in [1.29, 1.82) is 0 Å². The number of imide groups is 1. The minimum atomic E-state index is -0.611. The standard InChI is InChI=1S/C25H25N3O4/c1-5-27(6-2)23(30)16-7-9-18-19(12-16)25(32)28(24(18)31)22-21(29)13-17-11-15(14(3)4)8-10-20(17)26-22/h7-14,29H,5-6H2,1-4H3. The lowest BCUT2D eigenvalue weighted by Gasteiger charge is -2.18. The van der Waals surface area contributed by atoms with E-state index in [9.17, 15) is 19.5 Å². The number of benzene rings is 2. The van der Waals surface area contributed by atoms with Crippen LogP contribution in [0.2, 0.25) is 0 Å². The molecule has 0 fully saturated rings. The van der Waals surface area contributed by atoms with Crippen molar-refractivity contribution >= 4 is 34.4 Å². The number of hydrogen-bond donors (Lipinski definition) is 1. The molecule has 1 aromatic heterocycles. The molecule has 0 radical (unpaired) electrons. The maximum atomic E-state index is 13.2. The largest absolute Gasteiger partial charge is 0.504 e. The molecule has 0 saturated carbocycles. The molecule has 4 rings (SSSR count). The predicted octanol–water partition coefficient (Wildman–Crippen LogP) is 4.35. The molecule has 0 aliphatic carbocycles. The first-order valence-electron chi connectivity index (χ1n) is 10.7. The summed E-state index contributed by atoms with van der Waals surface area (Å²) >= 11 is 0. The van der Waals surface area contributed by atoms with Crippen LogP contribution in [-0.4, -0.2) is 45.8 Å². The van der Waals surface area contributed by atoms with Gasteiger partial charge in [-0.25, -0.2) is 9.88 Å². The lowest BCUT2D eigenvalue weighted by atomic mass is 10.0. The van der Waals surface area contributed by atoms with Gasteiger partial charge in [-0.15, -0.1) is 0 Å². The Hall–Kier alpha value is -3.74. The maximum absolute atomic E-state index is 13.2. The topological polar surface area (TPSA) is 90.8 Å². The summed E-state index contributed by atoms with van der Waals surface area (Å²) < 4.78 is 0. The van der Waals surface area contributed by atoms with E-state index in [1.165, 1.54) is 18.2 Å². The van der Waals surface area contributed by atoms with Crippen molar-refractivity contribution in [2.24, 2.45) is 0 Å². The molecule has 1 aliphatic rings. The summed E-state index contributed by atoms with van der Waals surface area (Å²) in [7, 11) is 0. The molecule has 0 unspecified atom stereocenters. The van der Waals surface area contributed by atoms with Crippen molar-refractivity contribution in [2.45, 2.75) is 33.6 Å². The van der Waals surface area contributed by atoms with E-state index in [1.54, 1.807) is 11.0 Å². The zero-order valence-corrected chi connectivity index (χ0v) is 18.5. The molecule has 7 nitrogen and oxygen atoms in total. The Morgan fingerprint density at radius 1 is 1.00 bits per heavy atom. The number of carbonyl (C=O) groups excluding carboxylic acids is 3. The van der Waals surface area contributed by atoms with Gasteiger partial charge in [-0.3, -0.25) is 14.4 Å². The van der Waals surface area contributed by atoms with Gasteiger partial charge in [0.15, 0.2) is 11.6 Å². The second kappa shape index (κ2) is 8.07. The molecule has 0 bridgehead atoms. The fraction of sp³-hybridized carbons (Fsp3) is 0.280. The molecule has 2 aromatic carbocycles. The van der Waals surface area contributed by atoms with E-state index < -0.39 is 11.8 Å². The molecule has 3 aromatic rings. The highest BCUT2D eigenvalue weighted by Crippen LogP contribution is 2.36. The third kappa shape index (κ3) is 3.39. The Morgan fingerprint density at radius 3 is 2.34 bits per heavy atom. The van der Waals surface area contributed by atoms with Crippen molar-refractivity contribution < 1.29 is 19.5 Å². The predicted molar refractivity (Wildman–Crippen MR) is 122 cm³/mol. The molecule has 1 N–H and O–H groups in total. The number of rotatable bonds is 5. The van der Waals surface area contributed by atoms with Crippen LogP contribution in [0.1, 0.15) is 70.3 Å². The zero-order valence-electron chi connectivity index (χ0n) is 18.5. The summed E-state index contributed by atoms with van der Waals surface area (Å²) in [5.74, 6) is -1.45.